The second-order valence-electron chi connectivity index (χ2n) is 7.19. The van der Waals surface area contributed by atoms with Gasteiger partial charge in [0.15, 0.2) is 11.6 Å². The van der Waals surface area contributed by atoms with Gasteiger partial charge < -0.3 is 15.0 Å². The standard InChI is InChI=1S/C22H20F4N4O2/c1-30(15-5-6-19(32-2)18(23)10-15)21(31)16-8-13(11-27)9-17(22(24,25)26)20(16)29-12-14-4-3-7-28-14/h5-6,8-10,12,14,28H,3-4,7H2,1-2H3/b29-12+. The van der Waals surface area contributed by atoms with Crippen molar-refractivity contribution in [2.75, 3.05) is 25.6 Å². The zero-order valence-electron chi connectivity index (χ0n) is 17.3. The second-order valence-corrected chi connectivity index (χ2v) is 7.19. The molecule has 1 unspecified atom stereocenters. The van der Waals surface area contributed by atoms with Crippen LogP contribution in [0.2, 0.25) is 0 Å². The van der Waals surface area contributed by atoms with Crippen molar-refractivity contribution in [3.63, 3.8) is 0 Å². The summed E-state index contributed by atoms with van der Waals surface area (Å²) in [5.41, 5.74) is -2.44. The first kappa shape index (κ1) is 23.2. The highest BCUT2D eigenvalue weighted by Crippen LogP contribution is 2.40. The number of halogens is 4. The average molecular weight is 448 g/mol. The first-order valence-corrected chi connectivity index (χ1v) is 9.70. The van der Waals surface area contributed by atoms with Gasteiger partial charge in [0.25, 0.3) is 5.91 Å². The maximum absolute atomic E-state index is 14.1. The first-order chi connectivity index (χ1) is 15.2. The number of amides is 1. The molecule has 1 heterocycles. The molecule has 0 bridgehead atoms. The van der Waals surface area contributed by atoms with Gasteiger partial charge in [0.05, 0.1) is 35.6 Å². The van der Waals surface area contributed by atoms with Gasteiger partial charge in [0.1, 0.15) is 0 Å². The number of nitrogens with one attached hydrogen (secondary N) is 1. The van der Waals surface area contributed by atoms with Crippen LogP contribution in [0.1, 0.15) is 34.3 Å². The molecule has 10 heteroatoms. The number of anilines is 1. The van der Waals surface area contributed by atoms with Crippen LogP contribution in [-0.2, 0) is 6.18 Å². The number of alkyl halides is 3. The molecule has 0 saturated carbocycles. The van der Waals surface area contributed by atoms with Crippen molar-refractivity contribution in [2.24, 2.45) is 4.99 Å². The first-order valence-electron chi connectivity index (χ1n) is 9.70. The number of carbonyl (C=O) groups is 1. The summed E-state index contributed by atoms with van der Waals surface area (Å²) < 4.78 is 60.3. The van der Waals surface area contributed by atoms with Crippen LogP contribution in [0.15, 0.2) is 35.3 Å². The van der Waals surface area contributed by atoms with Crippen molar-refractivity contribution >= 4 is 23.5 Å². The smallest absolute Gasteiger partial charge is 0.418 e. The predicted molar refractivity (Wildman–Crippen MR) is 111 cm³/mol. The average Bonchev–Trinajstić information content (AvgIpc) is 3.29. The van der Waals surface area contributed by atoms with Crippen LogP contribution >= 0.6 is 0 Å². The highest BCUT2D eigenvalue weighted by atomic mass is 19.4. The molecule has 1 fully saturated rings. The fraction of sp³-hybridized carbons (Fsp3) is 0.318. The summed E-state index contributed by atoms with van der Waals surface area (Å²) in [5, 5.41) is 12.3. The number of hydrogen-bond acceptors (Lipinski definition) is 5. The number of benzene rings is 2. The Morgan fingerprint density at radius 2 is 2.09 bits per heavy atom. The second kappa shape index (κ2) is 9.36. The molecule has 2 aromatic carbocycles. The lowest BCUT2D eigenvalue weighted by Crippen LogP contribution is -2.27. The van der Waals surface area contributed by atoms with E-state index in [1.54, 1.807) is 6.07 Å². The largest absolute Gasteiger partial charge is 0.494 e. The fourth-order valence-corrected chi connectivity index (χ4v) is 3.38. The van der Waals surface area contributed by atoms with Crippen molar-refractivity contribution in [1.82, 2.24) is 5.32 Å². The van der Waals surface area contributed by atoms with E-state index in [-0.39, 0.29) is 23.0 Å². The van der Waals surface area contributed by atoms with E-state index >= 15 is 0 Å². The van der Waals surface area contributed by atoms with E-state index in [9.17, 15) is 27.6 Å². The van der Waals surface area contributed by atoms with Gasteiger partial charge >= 0.3 is 6.18 Å². The Bertz CT molecular complexity index is 1090. The summed E-state index contributed by atoms with van der Waals surface area (Å²) in [6.45, 7) is 0.716. The van der Waals surface area contributed by atoms with E-state index in [1.165, 1.54) is 32.5 Å². The third kappa shape index (κ3) is 4.89. The molecule has 1 atom stereocenters. The number of nitriles is 1. The van der Waals surface area contributed by atoms with E-state index in [0.717, 1.165) is 23.5 Å². The molecular weight excluding hydrogens is 428 g/mol. The van der Waals surface area contributed by atoms with Crippen molar-refractivity contribution in [3.8, 4) is 11.8 Å². The van der Waals surface area contributed by atoms with E-state index in [4.69, 9.17) is 4.74 Å². The molecule has 1 amide bonds. The number of rotatable bonds is 5. The number of aliphatic imine (C=N–C) groups is 1. The molecule has 6 nitrogen and oxygen atoms in total. The highest BCUT2D eigenvalue weighted by molar-refractivity contribution is 6.10. The molecule has 32 heavy (non-hydrogen) atoms. The fourth-order valence-electron chi connectivity index (χ4n) is 3.38. The van der Waals surface area contributed by atoms with Crippen LogP contribution < -0.4 is 15.0 Å². The lowest BCUT2D eigenvalue weighted by Gasteiger charge is -2.21. The van der Waals surface area contributed by atoms with Gasteiger partial charge in [-0.2, -0.15) is 18.4 Å². The number of nitrogens with zero attached hydrogens (tertiary/aromatic N) is 3. The summed E-state index contributed by atoms with van der Waals surface area (Å²) in [4.78, 5) is 18.2. The Kier molecular flexibility index (Phi) is 6.79. The Morgan fingerprint density at radius 3 is 2.66 bits per heavy atom. The minimum absolute atomic E-state index is 0.0465. The molecule has 0 aromatic heterocycles. The normalized spacial score (nSPS) is 16.2. The third-order valence-electron chi connectivity index (χ3n) is 5.08. The van der Waals surface area contributed by atoms with E-state index < -0.39 is 34.7 Å². The van der Waals surface area contributed by atoms with Crippen molar-refractivity contribution in [1.29, 1.82) is 5.26 Å². The van der Waals surface area contributed by atoms with Gasteiger partial charge in [-0.25, -0.2) is 4.39 Å². The third-order valence-corrected chi connectivity index (χ3v) is 5.08. The topological polar surface area (TPSA) is 77.7 Å². The highest BCUT2D eigenvalue weighted by Gasteiger charge is 2.37. The molecule has 1 N–H and O–H groups in total. The Hall–Kier alpha value is -3.45. The minimum atomic E-state index is -4.84. The Morgan fingerprint density at radius 1 is 1.34 bits per heavy atom. The SMILES string of the molecule is COc1ccc(N(C)C(=O)c2cc(C#N)cc(C(F)(F)F)c2/N=C/C2CCCN2)cc1F. The molecule has 168 valence electrons. The zero-order chi connectivity index (χ0) is 23.5. The number of ether oxygens (including phenoxy) is 1. The quantitative estimate of drug-likeness (QED) is 0.541. The van der Waals surface area contributed by atoms with Gasteiger partial charge in [-0.05, 0) is 43.7 Å². The van der Waals surface area contributed by atoms with Gasteiger partial charge in [-0.15, -0.1) is 0 Å². The summed E-state index contributed by atoms with van der Waals surface area (Å²) in [6.07, 6.45) is -1.95. The van der Waals surface area contributed by atoms with E-state index in [0.29, 0.717) is 19.0 Å². The zero-order valence-corrected chi connectivity index (χ0v) is 17.3. The molecule has 0 spiro atoms. The maximum atomic E-state index is 14.1. The molecule has 1 aliphatic rings. The predicted octanol–water partition coefficient (Wildman–Crippen LogP) is 4.46. The molecular formula is C22H20F4N4O2. The van der Waals surface area contributed by atoms with Gasteiger partial charge in [-0.1, -0.05) is 0 Å². The number of methoxy groups -OCH3 is 1. The van der Waals surface area contributed by atoms with Gasteiger partial charge in [0.2, 0.25) is 0 Å². The summed E-state index contributed by atoms with van der Waals surface area (Å²) in [7, 11) is 2.57. The molecule has 2 aromatic rings. The van der Waals surface area contributed by atoms with Crippen LogP contribution in [0.25, 0.3) is 0 Å². The molecule has 0 aliphatic carbocycles. The van der Waals surface area contributed by atoms with Crippen molar-refractivity contribution in [3.05, 3.63) is 52.8 Å². The molecule has 0 radical (unpaired) electrons. The molecule has 1 saturated heterocycles. The Labute approximate surface area is 182 Å². The van der Waals surface area contributed by atoms with E-state index in [1.807, 2.05) is 0 Å². The molecule has 1 aliphatic heterocycles. The van der Waals surface area contributed by atoms with Crippen molar-refractivity contribution in [2.45, 2.75) is 25.1 Å². The lowest BCUT2D eigenvalue weighted by molar-refractivity contribution is -0.137. The monoisotopic (exact) mass is 448 g/mol. The summed E-state index contributed by atoms with van der Waals surface area (Å²) >= 11 is 0. The summed E-state index contributed by atoms with van der Waals surface area (Å²) in [6, 6.07) is 6.87. The van der Waals surface area contributed by atoms with E-state index in [2.05, 4.69) is 10.3 Å². The molecule has 3 rings (SSSR count). The van der Waals surface area contributed by atoms with Gasteiger partial charge in [-0.3, -0.25) is 9.79 Å². The van der Waals surface area contributed by atoms with Crippen LogP contribution in [0.5, 0.6) is 5.75 Å². The Balaban J connectivity index is 2.11. The van der Waals surface area contributed by atoms with Crippen LogP contribution in [0, 0.1) is 17.1 Å². The van der Waals surface area contributed by atoms with Crippen molar-refractivity contribution < 1.29 is 27.1 Å². The number of hydrogen-bond donors (Lipinski definition) is 1. The summed E-state index contributed by atoms with van der Waals surface area (Å²) in [5.74, 6) is -1.66. The lowest BCUT2D eigenvalue weighted by atomic mass is 10.0. The van der Waals surface area contributed by atoms with Crippen LogP contribution in [0.4, 0.5) is 28.9 Å². The number of carbonyl (C=O) groups excluding carboxylic acids is 1. The maximum Gasteiger partial charge on any atom is 0.418 e. The van der Waals surface area contributed by atoms with Gasteiger partial charge in [0, 0.05) is 31.1 Å². The van der Waals surface area contributed by atoms with Crippen LogP contribution in [-0.4, -0.2) is 38.9 Å². The van der Waals surface area contributed by atoms with Crippen LogP contribution in [0.3, 0.4) is 0 Å². The minimum Gasteiger partial charge on any atom is -0.494 e.